The minimum Gasteiger partial charge on any atom is -0.458 e. The maximum Gasteiger partial charge on any atom is 0.338 e. The lowest BCUT2D eigenvalue weighted by molar-refractivity contribution is -0.146. The number of esters is 2. The van der Waals surface area contributed by atoms with Crippen molar-refractivity contribution in [3.63, 3.8) is 0 Å². The molecule has 1 aromatic carbocycles. The molecule has 2 bridgehead atoms. The Morgan fingerprint density at radius 1 is 1.33 bits per heavy atom. The van der Waals surface area contributed by atoms with Crippen LogP contribution in [-0.2, 0) is 14.3 Å². The van der Waals surface area contributed by atoms with E-state index in [1.807, 2.05) is 12.1 Å². The van der Waals surface area contributed by atoms with Crippen molar-refractivity contribution in [3.8, 4) is 0 Å². The number of allylic oxidation sites excluding steroid dienone is 1. The molecule has 0 spiro atoms. The van der Waals surface area contributed by atoms with Crippen LogP contribution >= 0.6 is 0 Å². The number of carbonyl (C=O) groups is 2. The second-order valence-corrected chi connectivity index (χ2v) is 5.66. The molecule has 0 radical (unpaired) electrons. The van der Waals surface area contributed by atoms with Gasteiger partial charge >= 0.3 is 11.9 Å². The van der Waals surface area contributed by atoms with Gasteiger partial charge < -0.3 is 9.47 Å². The van der Waals surface area contributed by atoms with Gasteiger partial charge in [-0.25, -0.2) is 4.79 Å². The third-order valence-corrected chi connectivity index (χ3v) is 4.26. The molecule has 0 aromatic heterocycles. The molecule has 0 amide bonds. The molecule has 3 rings (SSSR count). The average Bonchev–Trinajstić information content (AvgIpc) is 2.80. The molecule has 0 N–H and O–H groups in total. The van der Waals surface area contributed by atoms with Gasteiger partial charge in [0.05, 0.1) is 11.5 Å². The number of hydrogen-bond acceptors (Lipinski definition) is 4. The summed E-state index contributed by atoms with van der Waals surface area (Å²) in [5.74, 6) is -0.472. The van der Waals surface area contributed by atoms with Crippen molar-refractivity contribution in [2.75, 3.05) is 0 Å². The van der Waals surface area contributed by atoms with Gasteiger partial charge in [-0.1, -0.05) is 24.3 Å². The van der Waals surface area contributed by atoms with E-state index in [-0.39, 0.29) is 36.0 Å². The summed E-state index contributed by atoms with van der Waals surface area (Å²) in [6.07, 6.45) is 3.19. The molecule has 1 aromatic rings. The summed E-state index contributed by atoms with van der Waals surface area (Å²) in [4.78, 5) is 23.9. The first-order valence-electron chi connectivity index (χ1n) is 7.26. The Hall–Kier alpha value is -2.10. The van der Waals surface area contributed by atoms with E-state index in [2.05, 4.69) is 6.58 Å². The second kappa shape index (κ2) is 5.72. The zero-order chi connectivity index (χ0) is 14.8. The van der Waals surface area contributed by atoms with Gasteiger partial charge in [0.25, 0.3) is 0 Å². The molecule has 1 aliphatic carbocycles. The standard InChI is InChI=1S/C17H18O4/c1-2-6-12-9-13-10-14(20-17(13)19)15(12)21-16(18)11-7-4-3-5-8-11/h2-5,7-8,12-15H,1,6,9-10H2/t12?,13?,14?,15-/m1/s1. The van der Waals surface area contributed by atoms with Crippen molar-refractivity contribution in [3.05, 3.63) is 48.6 Å². The first-order valence-corrected chi connectivity index (χ1v) is 7.26. The zero-order valence-electron chi connectivity index (χ0n) is 11.7. The summed E-state index contributed by atoms with van der Waals surface area (Å²) in [5.41, 5.74) is 0.515. The van der Waals surface area contributed by atoms with Crippen LogP contribution in [0.5, 0.6) is 0 Å². The highest BCUT2D eigenvalue weighted by molar-refractivity contribution is 5.89. The lowest BCUT2D eigenvalue weighted by atomic mass is 9.78. The van der Waals surface area contributed by atoms with Crippen molar-refractivity contribution >= 4 is 11.9 Å². The summed E-state index contributed by atoms with van der Waals surface area (Å²) in [6, 6.07) is 8.88. The SMILES string of the molecule is C=CCC1CC2CC(OC2=O)[C@@H]1OC(=O)c1ccccc1. The Morgan fingerprint density at radius 3 is 2.81 bits per heavy atom. The van der Waals surface area contributed by atoms with Crippen LogP contribution in [0.15, 0.2) is 43.0 Å². The van der Waals surface area contributed by atoms with E-state index >= 15 is 0 Å². The van der Waals surface area contributed by atoms with Gasteiger partial charge in [0, 0.05) is 12.3 Å². The number of carbonyl (C=O) groups excluding carboxylic acids is 2. The fourth-order valence-electron chi connectivity index (χ4n) is 3.25. The maximum atomic E-state index is 12.2. The molecule has 21 heavy (non-hydrogen) atoms. The maximum absolute atomic E-state index is 12.2. The largest absolute Gasteiger partial charge is 0.458 e. The van der Waals surface area contributed by atoms with Crippen molar-refractivity contribution in [1.29, 1.82) is 0 Å². The fourth-order valence-corrected chi connectivity index (χ4v) is 3.25. The molecule has 4 heteroatoms. The molecule has 110 valence electrons. The quantitative estimate of drug-likeness (QED) is 0.631. The van der Waals surface area contributed by atoms with E-state index < -0.39 is 0 Å². The summed E-state index contributed by atoms with van der Waals surface area (Å²) < 4.78 is 11.0. The minimum absolute atomic E-state index is 0.0494. The number of ether oxygens (including phenoxy) is 2. The molecule has 1 saturated heterocycles. The first kappa shape index (κ1) is 13.9. The highest BCUT2D eigenvalue weighted by atomic mass is 16.6. The Morgan fingerprint density at radius 2 is 2.10 bits per heavy atom. The monoisotopic (exact) mass is 286 g/mol. The van der Waals surface area contributed by atoms with E-state index in [1.54, 1.807) is 24.3 Å². The zero-order valence-corrected chi connectivity index (χ0v) is 11.7. The van der Waals surface area contributed by atoms with Crippen molar-refractivity contribution in [2.45, 2.75) is 31.5 Å². The van der Waals surface area contributed by atoms with E-state index in [1.165, 1.54) is 0 Å². The van der Waals surface area contributed by atoms with Crippen molar-refractivity contribution in [1.82, 2.24) is 0 Å². The Labute approximate surface area is 123 Å². The summed E-state index contributed by atoms with van der Waals surface area (Å²) >= 11 is 0. The number of fused-ring (bicyclic) bond motifs is 2. The van der Waals surface area contributed by atoms with Crippen molar-refractivity contribution in [2.24, 2.45) is 11.8 Å². The molecule has 1 saturated carbocycles. The summed E-state index contributed by atoms with van der Waals surface area (Å²) in [7, 11) is 0. The minimum atomic E-state index is -0.376. The van der Waals surface area contributed by atoms with Crippen molar-refractivity contribution < 1.29 is 19.1 Å². The molecule has 3 unspecified atom stereocenters. The number of benzene rings is 1. The van der Waals surface area contributed by atoms with Crippen LogP contribution in [0.2, 0.25) is 0 Å². The lowest BCUT2D eigenvalue weighted by Crippen LogP contribution is -2.40. The average molecular weight is 286 g/mol. The van der Waals surface area contributed by atoms with Gasteiger partial charge in [0.1, 0.15) is 12.2 Å². The molecule has 2 fully saturated rings. The molecule has 1 heterocycles. The van der Waals surface area contributed by atoms with E-state index in [4.69, 9.17) is 9.47 Å². The lowest BCUT2D eigenvalue weighted by Gasteiger charge is -2.33. The fraction of sp³-hybridized carbons (Fsp3) is 0.412. The number of hydrogen-bond donors (Lipinski definition) is 0. The van der Waals surface area contributed by atoms with Crippen LogP contribution < -0.4 is 0 Å². The van der Waals surface area contributed by atoms with Crippen LogP contribution in [0.1, 0.15) is 29.6 Å². The van der Waals surface area contributed by atoms with Gasteiger partial charge in [-0.2, -0.15) is 0 Å². The van der Waals surface area contributed by atoms with Crippen LogP contribution in [0.3, 0.4) is 0 Å². The second-order valence-electron chi connectivity index (χ2n) is 5.66. The van der Waals surface area contributed by atoms with Crippen LogP contribution in [0, 0.1) is 11.8 Å². The van der Waals surface area contributed by atoms with E-state index in [9.17, 15) is 9.59 Å². The Kier molecular flexibility index (Phi) is 3.78. The van der Waals surface area contributed by atoms with Crippen LogP contribution in [-0.4, -0.2) is 24.1 Å². The molecule has 4 atom stereocenters. The summed E-state index contributed by atoms with van der Waals surface area (Å²) in [6.45, 7) is 3.75. The molecular weight excluding hydrogens is 268 g/mol. The van der Waals surface area contributed by atoms with Gasteiger partial charge in [0.15, 0.2) is 0 Å². The predicted molar refractivity (Wildman–Crippen MR) is 76.6 cm³/mol. The topological polar surface area (TPSA) is 52.6 Å². The molecule has 4 nitrogen and oxygen atoms in total. The molecule has 2 aliphatic rings. The summed E-state index contributed by atoms with van der Waals surface area (Å²) in [5, 5.41) is 0. The third kappa shape index (κ3) is 2.71. The number of rotatable bonds is 4. The predicted octanol–water partition coefficient (Wildman–Crippen LogP) is 2.74. The smallest absolute Gasteiger partial charge is 0.338 e. The third-order valence-electron chi connectivity index (χ3n) is 4.26. The van der Waals surface area contributed by atoms with Gasteiger partial charge in [-0.05, 0) is 25.0 Å². The first-order chi connectivity index (χ1) is 10.2. The van der Waals surface area contributed by atoms with Gasteiger partial charge in [-0.3, -0.25) is 4.79 Å². The van der Waals surface area contributed by atoms with Gasteiger partial charge in [0.2, 0.25) is 0 Å². The highest BCUT2D eigenvalue weighted by Crippen LogP contribution is 2.41. The van der Waals surface area contributed by atoms with E-state index in [0.717, 1.165) is 6.42 Å². The van der Waals surface area contributed by atoms with Crippen LogP contribution in [0.25, 0.3) is 0 Å². The highest BCUT2D eigenvalue weighted by Gasteiger charge is 2.49. The van der Waals surface area contributed by atoms with E-state index in [0.29, 0.717) is 18.4 Å². The van der Waals surface area contributed by atoms with Crippen LogP contribution in [0.4, 0.5) is 0 Å². The Bertz CT molecular complexity index is 551. The molecule has 1 aliphatic heterocycles. The molecular formula is C17H18O4. The Balaban J connectivity index is 1.76. The van der Waals surface area contributed by atoms with Gasteiger partial charge in [-0.15, -0.1) is 6.58 Å². The normalized spacial score (nSPS) is 30.6.